The van der Waals surface area contributed by atoms with Crippen molar-refractivity contribution in [1.82, 2.24) is 19.9 Å². The maximum absolute atomic E-state index is 13.0. The minimum atomic E-state index is -2.88. The summed E-state index contributed by atoms with van der Waals surface area (Å²) < 4.78 is 30.4. The van der Waals surface area contributed by atoms with Gasteiger partial charge in [-0.05, 0) is 57.4 Å². The summed E-state index contributed by atoms with van der Waals surface area (Å²) in [6, 6.07) is 5.87. The van der Waals surface area contributed by atoms with Gasteiger partial charge in [0, 0.05) is 18.6 Å². The number of rotatable bonds is 5. The highest BCUT2D eigenvalue weighted by Crippen LogP contribution is 2.23. The van der Waals surface area contributed by atoms with Gasteiger partial charge < -0.3 is 15.4 Å². The van der Waals surface area contributed by atoms with Crippen molar-refractivity contribution in [2.24, 2.45) is 5.73 Å². The maximum Gasteiger partial charge on any atom is 0.387 e. The smallest absolute Gasteiger partial charge is 0.387 e. The Balaban J connectivity index is 0.00000280. The summed E-state index contributed by atoms with van der Waals surface area (Å²) in [7, 11) is 0. The van der Waals surface area contributed by atoms with Crippen LogP contribution in [0.1, 0.15) is 42.4 Å². The molecule has 1 aromatic carbocycles. The fourth-order valence-corrected chi connectivity index (χ4v) is 3.43. The number of benzene rings is 1. The van der Waals surface area contributed by atoms with Gasteiger partial charge in [0.05, 0.1) is 11.4 Å². The zero-order valence-corrected chi connectivity index (χ0v) is 16.5. The first-order valence-corrected chi connectivity index (χ1v) is 8.92. The van der Waals surface area contributed by atoms with E-state index in [1.807, 2.05) is 6.92 Å². The average Bonchev–Trinajstić information content (AvgIpc) is 3.02. The molecule has 1 aromatic heterocycles. The monoisotopic (exact) mass is 415 g/mol. The summed E-state index contributed by atoms with van der Waals surface area (Å²) in [6.07, 6.45) is 2.87. The Hall–Kier alpha value is -2.26. The number of hydrogen-bond donors (Lipinski definition) is 1. The lowest BCUT2D eigenvalue weighted by Crippen LogP contribution is -2.51. The van der Waals surface area contributed by atoms with E-state index in [0.717, 1.165) is 19.3 Å². The predicted molar refractivity (Wildman–Crippen MR) is 102 cm³/mol. The Bertz CT molecular complexity index is 798. The first kappa shape index (κ1) is 22.0. The van der Waals surface area contributed by atoms with Crippen LogP contribution < -0.4 is 10.5 Å². The number of alkyl halides is 2. The number of hydrogen-bond acceptors (Lipinski definition) is 5. The molecule has 1 saturated heterocycles. The average molecular weight is 416 g/mol. The van der Waals surface area contributed by atoms with E-state index < -0.39 is 6.61 Å². The van der Waals surface area contributed by atoms with Crippen LogP contribution in [0.3, 0.4) is 0 Å². The molecule has 0 saturated carbocycles. The van der Waals surface area contributed by atoms with Crippen LogP contribution in [0.2, 0.25) is 0 Å². The number of amides is 1. The van der Waals surface area contributed by atoms with E-state index in [1.54, 1.807) is 24.0 Å². The summed E-state index contributed by atoms with van der Waals surface area (Å²) in [5, 5.41) is 8.12. The van der Waals surface area contributed by atoms with E-state index in [2.05, 4.69) is 15.0 Å². The highest BCUT2D eigenvalue weighted by molar-refractivity contribution is 5.93. The molecule has 2 heterocycles. The molecule has 1 aliphatic rings. The molecule has 1 fully saturated rings. The summed E-state index contributed by atoms with van der Waals surface area (Å²) in [5.74, 6) is -0.130. The van der Waals surface area contributed by atoms with Crippen molar-refractivity contribution in [2.75, 3.05) is 6.54 Å². The van der Waals surface area contributed by atoms with Crippen LogP contribution in [0.15, 0.2) is 24.3 Å². The second kappa shape index (κ2) is 9.29. The zero-order valence-electron chi connectivity index (χ0n) is 15.7. The molecule has 28 heavy (non-hydrogen) atoms. The summed E-state index contributed by atoms with van der Waals surface area (Å²) >= 11 is 0. The fraction of sp³-hybridized carbons (Fsp3) is 0.500. The Kier molecular flexibility index (Phi) is 7.31. The van der Waals surface area contributed by atoms with E-state index in [1.165, 1.54) is 16.8 Å². The Morgan fingerprint density at radius 3 is 2.57 bits per heavy atom. The van der Waals surface area contributed by atoms with Crippen LogP contribution >= 0.6 is 12.4 Å². The van der Waals surface area contributed by atoms with Gasteiger partial charge >= 0.3 is 6.61 Å². The molecule has 1 amide bonds. The van der Waals surface area contributed by atoms with Gasteiger partial charge in [-0.3, -0.25) is 4.79 Å². The molecule has 2 N–H and O–H groups in total. The topological polar surface area (TPSA) is 86.3 Å². The molecular weight excluding hydrogens is 392 g/mol. The van der Waals surface area contributed by atoms with Gasteiger partial charge in [0.15, 0.2) is 5.69 Å². The first-order chi connectivity index (χ1) is 12.9. The molecule has 0 radical (unpaired) electrons. The second-order valence-electron chi connectivity index (χ2n) is 6.73. The van der Waals surface area contributed by atoms with E-state index in [4.69, 9.17) is 5.73 Å². The third-order valence-corrected chi connectivity index (χ3v) is 4.82. The minimum Gasteiger partial charge on any atom is -0.435 e. The normalized spacial score (nSPS) is 17.9. The van der Waals surface area contributed by atoms with Crippen LogP contribution in [0, 0.1) is 6.92 Å². The number of aromatic nitrogens is 3. The lowest BCUT2D eigenvalue weighted by atomic mass is 9.96. The van der Waals surface area contributed by atoms with Gasteiger partial charge in [0.2, 0.25) is 0 Å². The molecule has 2 unspecified atom stereocenters. The molecule has 1 aliphatic heterocycles. The third kappa shape index (κ3) is 4.59. The van der Waals surface area contributed by atoms with Crippen LogP contribution in [0.4, 0.5) is 8.78 Å². The quantitative estimate of drug-likeness (QED) is 0.811. The van der Waals surface area contributed by atoms with Gasteiger partial charge in [0.25, 0.3) is 5.91 Å². The van der Waals surface area contributed by atoms with Crippen LogP contribution in [-0.2, 0) is 0 Å². The van der Waals surface area contributed by atoms with Crippen LogP contribution in [0.5, 0.6) is 5.75 Å². The van der Waals surface area contributed by atoms with Crippen LogP contribution in [-0.4, -0.2) is 51.0 Å². The van der Waals surface area contributed by atoms with Crippen LogP contribution in [0.25, 0.3) is 5.69 Å². The van der Waals surface area contributed by atoms with Crippen molar-refractivity contribution in [3.63, 3.8) is 0 Å². The molecule has 10 heteroatoms. The number of piperidine rings is 1. The zero-order chi connectivity index (χ0) is 19.6. The van der Waals surface area contributed by atoms with Crippen molar-refractivity contribution in [3.8, 4) is 11.4 Å². The van der Waals surface area contributed by atoms with E-state index in [-0.39, 0.29) is 41.8 Å². The highest BCUT2D eigenvalue weighted by Gasteiger charge is 2.32. The van der Waals surface area contributed by atoms with Crippen molar-refractivity contribution >= 4 is 18.3 Å². The summed E-state index contributed by atoms with van der Waals surface area (Å²) in [6.45, 7) is 1.43. The van der Waals surface area contributed by atoms with Crippen molar-refractivity contribution in [3.05, 3.63) is 35.7 Å². The number of carbonyl (C=O) groups is 1. The maximum atomic E-state index is 13.0. The molecule has 2 atom stereocenters. The largest absolute Gasteiger partial charge is 0.435 e. The molecule has 3 rings (SSSR count). The van der Waals surface area contributed by atoms with Gasteiger partial charge in [-0.15, -0.1) is 17.5 Å². The van der Waals surface area contributed by atoms with Crippen molar-refractivity contribution in [1.29, 1.82) is 0 Å². The first-order valence-electron chi connectivity index (χ1n) is 8.92. The van der Waals surface area contributed by atoms with Gasteiger partial charge in [-0.2, -0.15) is 8.78 Å². The highest BCUT2D eigenvalue weighted by atomic mass is 35.5. The van der Waals surface area contributed by atoms with E-state index >= 15 is 0 Å². The lowest BCUT2D eigenvalue weighted by molar-refractivity contribution is -0.0498. The third-order valence-electron chi connectivity index (χ3n) is 4.82. The van der Waals surface area contributed by atoms with E-state index in [9.17, 15) is 13.6 Å². The second-order valence-corrected chi connectivity index (χ2v) is 6.73. The number of ether oxygens (including phenoxy) is 1. The molecule has 154 valence electrons. The number of nitrogens with zero attached hydrogens (tertiary/aromatic N) is 4. The van der Waals surface area contributed by atoms with Gasteiger partial charge in [0.1, 0.15) is 5.75 Å². The number of halogens is 3. The lowest BCUT2D eigenvalue weighted by Gasteiger charge is -2.37. The molecule has 2 aromatic rings. The molecule has 7 nitrogen and oxygen atoms in total. The van der Waals surface area contributed by atoms with Gasteiger partial charge in [-0.25, -0.2) is 4.68 Å². The molecular formula is C18H24ClF2N5O2. The number of carbonyl (C=O) groups excluding carboxylic acids is 1. The van der Waals surface area contributed by atoms with E-state index in [0.29, 0.717) is 17.9 Å². The Morgan fingerprint density at radius 1 is 1.29 bits per heavy atom. The molecule has 0 bridgehead atoms. The van der Waals surface area contributed by atoms with Gasteiger partial charge in [-0.1, -0.05) is 5.21 Å². The Labute approximate surface area is 168 Å². The Morgan fingerprint density at radius 2 is 1.96 bits per heavy atom. The summed E-state index contributed by atoms with van der Waals surface area (Å²) in [5.41, 5.74) is 7.51. The number of nitrogens with two attached hydrogens (primary N) is 1. The SMILES string of the molecule is Cc1c(C(=O)N2CCCCC2C(C)N)nnn1-c1ccc(OC(F)F)cc1.Cl. The molecule has 0 spiro atoms. The minimum absolute atomic E-state index is 0. The predicted octanol–water partition coefficient (Wildman–Crippen LogP) is 2.94. The summed E-state index contributed by atoms with van der Waals surface area (Å²) in [4.78, 5) is 14.8. The van der Waals surface area contributed by atoms with Crippen molar-refractivity contribution in [2.45, 2.75) is 51.8 Å². The standard InChI is InChI=1S/C18H23F2N5O2.ClH/c1-11(21)15-5-3-4-10-24(15)17(26)16-12(2)25(23-22-16)13-6-8-14(9-7-13)27-18(19)20;/h6-9,11,15,18H,3-5,10,21H2,1-2H3;1H. The fourth-order valence-electron chi connectivity index (χ4n) is 3.43. The molecule has 0 aliphatic carbocycles. The van der Waals surface area contributed by atoms with Crippen molar-refractivity contribution < 1.29 is 18.3 Å². The number of likely N-dealkylation sites (tertiary alicyclic amines) is 1.